The smallest absolute Gasteiger partial charge is 0.252 e. The molecular weight excluding hydrogens is 400 g/mol. The molecule has 3 fully saturated rings. The van der Waals surface area contributed by atoms with Crippen LogP contribution in [0.2, 0.25) is 5.02 Å². The summed E-state index contributed by atoms with van der Waals surface area (Å²) in [6.45, 7) is 2.76. The van der Waals surface area contributed by atoms with Gasteiger partial charge in [-0.3, -0.25) is 9.69 Å². The van der Waals surface area contributed by atoms with Crippen molar-refractivity contribution in [2.45, 2.75) is 24.9 Å². The number of carbonyl (C=O) groups excluding carboxylic acids is 1. The largest absolute Gasteiger partial charge is 0.350 e. The van der Waals surface area contributed by atoms with Gasteiger partial charge in [-0.15, -0.1) is 0 Å². The summed E-state index contributed by atoms with van der Waals surface area (Å²) in [5, 5.41) is 3.59. The van der Waals surface area contributed by atoms with Crippen LogP contribution in [0.15, 0.2) is 53.0 Å². The van der Waals surface area contributed by atoms with E-state index in [2.05, 4.69) is 50.4 Å². The Hall–Kier alpha value is -1.36. The zero-order chi connectivity index (χ0) is 17.4. The van der Waals surface area contributed by atoms with Gasteiger partial charge in [-0.25, -0.2) is 0 Å². The van der Waals surface area contributed by atoms with Gasteiger partial charge in [0.25, 0.3) is 5.91 Å². The minimum absolute atomic E-state index is 0.0955. The molecule has 1 saturated carbocycles. The molecule has 2 bridgehead atoms. The van der Waals surface area contributed by atoms with E-state index in [1.165, 1.54) is 18.4 Å². The molecule has 3 aliphatic rings. The number of nitrogens with one attached hydrogen (secondary N) is 1. The Morgan fingerprint density at radius 3 is 2.72 bits per heavy atom. The second-order valence-corrected chi connectivity index (χ2v) is 8.49. The highest BCUT2D eigenvalue weighted by molar-refractivity contribution is 9.10. The number of nitrogens with zero attached hydrogens (tertiary/aromatic N) is 1. The number of rotatable bonds is 5. The van der Waals surface area contributed by atoms with Crippen LogP contribution in [0.1, 0.15) is 28.8 Å². The summed E-state index contributed by atoms with van der Waals surface area (Å²) in [4.78, 5) is 15.1. The maximum absolute atomic E-state index is 12.5. The summed E-state index contributed by atoms with van der Waals surface area (Å²) in [6.07, 6.45) is 2.35. The van der Waals surface area contributed by atoms with Gasteiger partial charge in [-0.2, -0.15) is 0 Å². The monoisotopic (exact) mass is 418 g/mol. The topological polar surface area (TPSA) is 32.3 Å². The Balaban J connectivity index is 1.42. The molecule has 25 heavy (non-hydrogen) atoms. The highest BCUT2D eigenvalue weighted by Crippen LogP contribution is 2.50. The lowest BCUT2D eigenvalue weighted by Gasteiger charge is -2.42. The number of benzene rings is 2. The third-order valence-corrected chi connectivity index (χ3v) is 6.26. The first kappa shape index (κ1) is 17.1. The fourth-order valence-corrected chi connectivity index (χ4v) is 4.97. The predicted molar refractivity (Wildman–Crippen MR) is 104 cm³/mol. The second-order valence-electron chi connectivity index (χ2n) is 7.17. The maximum Gasteiger partial charge on any atom is 0.252 e. The lowest BCUT2D eigenvalue weighted by Crippen LogP contribution is -2.53. The van der Waals surface area contributed by atoms with Crippen molar-refractivity contribution in [3.8, 4) is 0 Å². The van der Waals surface area contributed by atoms with Gasteiger partial charge in [0.1, 0.15) is 0 Å². The lowest BCUT2D eigenvalue weighted by molar-refractivity contribution is 0.0798. The van der Waals surface area contributed by atoms with E-state index in [0.717, 1.165) is 23.5 Å². The quantitative estimate of drug-likeness (QED) is 0.774. The Labute approximate surface area is 161 Å². The van der Waals surface area contributed by atoms with Gasteiger partial charge in [0.2, 0.25) is 0 Å². The van der Waals surface area contributed by atoms with Gasteiger partial charge in [0.15, 0.2) is 0 Å². The molecule has 130 valence electrons. The van der Waals surface area contributed by atoms with Crippen molar-refractivity contribution in [3.05, 3.63) is 69.2 Å². The van der Waals surface area contributed by atoms with Crippen LogP contribution in [0.25, 0.3) is 0 Å². The van der Waals surface area contributed by atoms with Crippen molar-refractivity contribution in [1.29, 1.82) is 0 Å². The molecule has 0 atom stereocenters. The molecular formula is C20H20BrClN2O. The fraction of sp³-hybridized carbons (Fsp3) is 0.350. The highest BCUT2D eigenvalue weighted by Gasteiger charge is 2.55. The molecule has 2 aromatic rings. The van der Waals surface area contributed by atoms with E-state index in [1.807, 2.05) is 12.1 Å². The number of fused-ring (bicyclic) bond motifs is 1. The molecule has 5 rings (SSSR count). The molecule has 5 heteroatoms. The van der Waals surface area contributed by atoms with Crippen molar-refractivity contribution in [1.82, 2.24) is 10.2 Å². The molecule has 2 saturated heterocycles. The van der Waals surface area contributed by atoms with Crippen LogP contribution in [-0.4, -0.2) is 29.4 Å². The first-order chi connectivity index (χ1) is 12.1. The van der Waals surface area contributed by atoms with Crippen LogP contribution >= 0.6 is 27.5 Å². The van der Waals surface area contributed by atoms with E-state index < -0.39 is 0 Å². The number of hydrogen-bond donors (Lipinski definition) is 1. The first-order valence-electron chi connectivity index (χ1n) is 8.58. The van der Waals surface area contributed by atoms with E-state index in [9.17, 15) is 4.79 Å². The molecule has 2 aliphatic heterocycles. The average molecular weight is 420 g/mol. The highest BCUT2D eigenvalue weighted by atomic mass is 79.9. The zero-order valence-electron chi connectivity index (χ0n) is 13.8. The summed E-state index contributed by atoms with van der Waals surface area (Å²) in [5.74, 6) is 0.679. The van der Waals surface area contributed by atoms with Crippen molar-refractivity contribution < 1.29 is 4.79 Å². The molecule has 1 N–H and O–H groups in total. The lowest BCUT2D eigenvalue weighted by atomic mass is 9.73. The van der Waals surface area contributed by atoms with Crippen LogP contribution in [0.5, 0.6) is 0 Å². The maximum atomic E-state index is 12.5. The van der Waals surface area contributed by atoms with Gasteiger partial charge < -0.3 is 5.32 Å². The minimum atomic E-state index is -0.0955. The molecule has 2 aromatic carbocycles. The second kappa shape index (κ2) is 6.75. The standard InChI is InChI=1S/C20H20BrClN2O/c21-16-6-7-17(18(22)8-16)19(25)23-13-20-9-15(10-20)12-24(20)11-14-4-2-1-3-5-14/h1-8,15H,9-13H2,(H,23,25). The number of hydrogen-bond acceptors (Lipinski definition) is 2. The average Bonchev–Trinajstić information content (AvgIpc) is 3.07. The minimum Gasteiger partial charge on any atom is -0.350 e. The molecule has 0 aromatic heterocycles. The van der Waals surface area contributed by atoms with Crippen molar-refractivity contribution >= 4 is 33.4 Å². The molecule has 1 aliphatic carbocycles. The normalized spacial score (nSPS) is 24.8. The van der Waals surface area contributed by atoms with Crippen LogP contribution in [0.4, 0.5) is 0 Å². The summed E-state index contributed by atoms with van der Waals surface area (Å²) >= 11 is 9.57. The van der Waals surface area contributed by atoms with Crippen molar-refractivity contribution in [2.24, 2.45) is 5.92 Å². The number of halogens is 2. The number of carbonyl (C=O) groups is 1. The number of amides is 1. The third-order valence-electron chi connectivity index (χ3n) is 5.46. The summed E-state index contributed by atoms with van der Waals surface area (Å²) in [5.41, 5.74) is 1.97. The van der Waals surface area contributed by atoms with E-state index in [4.69, 9.17) is 11.6 Å². The van der Waals surface area contributed by atoms with Crippen LogP contribution < -0.4 is 5.32 Å². The molecule has 3 nitrogen and oxygen atoms in total. The van der Waals surface area contributed by atoms with Crippen LogP contribution in [0, 0.1) is 5.92 Å². The van der Waals surface area contributed by atoms with E-state index in [1.54, 1.807) is 12.1 Å². The Morgan fingerprint density at radius 1 is 1.24 bits per heavy atom. The van der Waals surface area contributed by atoms with E-state index in [0.29, 0.717) is 17.1 Å². The van der Waals surface area contributed by atoms with Crippen LogP contribution in [-0.2, 0) is 6.54 Å². The van der Waals surface area contributed by atoms with E-state index in [-0.39, 0.29) is 11.4 Å². The van der Waals surface area contributed by atoms with Crippen molar-refractivity contribution in [3.63, 3.8) is 0 Å². The van der Waals surface area contributed by atoms with Crippen LogP contribution in [0.3, 0.4) is 0 Å². The van der Waals surface area contributed by atoms with Gasteiger partial charge >= 0.3 is 0 Å². The van der Waals surface area contributed by atoms with Gasteiger partial charge in [-0.05, 0) is 42.5 Å². The Bertz CT molecular complexity index is 790. The SMILES string of the molecule is O=C(NCC12CC(CN1Cc1ccccc1)C2)c1ccc(Br)cc1Cl. The third kappa shape index (κ3) is 3.35. The van der Waals surface area contributed by atoms with E-state index >= 15 is 0 Å². The molecule has 0 spiro atoms. The Morgan fingerprint density at radius 2 is 2.00 bits per heavy atom. The van der Waals surface area contributed by atoms with Gasteiger partial charge in [0.05, 0.1) is 10.6 Å². The first-order valence-corrected chi connectivity index (χ1v) is 9.75. The van der Waals surface area contributed by atoms with Gasteiger partial charge in [0, 0.05) is 29.6 Å². The summed E-state index contributed by atoms with van der Waals surface area (Å²) < 4.78 is 0.874. The summed E-state index contributed by atoms with van der Waals surface area (Å²) in [6, 6.07) is 15.9. The van der Waals surface area contributed by atoms with Gasteiger partial charge in [-0.1, -0.05) is 57.9 Å². The Kier molecular flexibility index (Phi) is 4.61. The molecule has 1 amide bonds. The zero-order valence-corrected chi connectivity index (χ0v) is 16.2. The fourth-order valence-electron chi connectivity index (χ4n) is 4.21. The molecule has 0 radical (unpaired) electrons. The summed E-state index contributed by atoms with van der Waals surface area (Å²) in [7, 11) is 0. The van der Waals surface area contributed by atoms with Crippen molar-refractivity contribution in [2.75, 3.05) is 13.1 Å². The molecule has 2 heterocycles. The predicted octanol–water partition coefficient (Wildman–Crippen LogP) is 4.50. The molecule has 0 unspecified atom stereocenters.